The quantitative estimate of drug-likeness (QED) is 0.723. The summed E-state index contributed by atoms with van der Waals surface area (Å²) < 4.78 is 0. The lowest BCUT2D eigenvalue weighted by molar-refractivity contribution is -0.139. The number of carbonyl (C=O) groups excluding carboxylic acids is 1. The molecule has 0 radical (unpaired) electrons. The fourth-order valence-electron chi connectivity index (χ4n) is 6.75. The van der Waals surface area contributed by atoms with Crippen molar-refractivity contribution < 1.29 is 15.0 Å². The van der Waals surface area contributed by atoms with Crippen LogP contribution in [0.4, 0.5) is 0 Å². The monoisotopic (exact) mass is 304 g/mol. The molecule has 7 atom stereocenters. The van der Waals surface area contributed by atoms with Gasteiger partial charge in [-0.2, -0.15) is 0 Å². The standard InChI is InChI=1S/C19H28O3/c1-18-6-3-4-13(18)12-9-15(21)14-8-11(20)5-7-19(14,2)17(12)16(22)10-18/h8,12-13,15-17,21-22H,3-7,9-10H2,1-2H3/t12-,13+,15-,16+,17-,18+,19+/m0/s1. The molecule has 0 aromatic carbocycles. The molecule has 0 bridgehead atoms. The summed E-state index contributed by atoms with van der Waals surface area (Å²) in [7, 11) is 0. The summed E-state index contributed by atoms with van der Waals surface area (Å²) in [5.41, 5.74) is 0.965. The number of aliphatic hydroxyl groups is 2. The molecule has 0 saturated heterocycles. The van der Waals surface area contributed by atoms with Gasteiger partial charge in [0.2, 0.25) is 0 Å². The maximum atomic E-state index is 11.8. The van der Waals surface area contributed by atoms with Crippen LogP contribution >= 0.6 is 0 Å². The van der Waals surface area contributed by atoms with E-state index in [0.717, 1.165) is 24.8 Å². The summed E-state index contributed by atoms with van der Waals surface area (Å²) in [6, 6.07) is 0. The molecule has 0 unspecified atom stereocenters. The minimum absolute atomic E-state index is 0.140. The Labute approximate surface area is 132 Å². The number of fused-ring (bicyclic) bond motifs is 5. The predicted molar refractivity (Wildman–Crippen MR) is 84.1 cm³/mol. The Kier molecular flexibility index (Phi) is 3.16. The SMILES string of the molecule is C[C@]12CCC[C@@H]1[C@@H]1C[C@H](O)C3=CC(=O)CC[C@@]3(C)[C@@H]1[C@H](O)C2. The van der Waals surface area contributed by atoms with Gasteiger partial charge >= 0.3 is 0 Å². The average Bonchev–Trinajstić information content (AvgIpc) is 2.82. The first-order chi connectivity index (χ1) is 10.3. The van der Waals surface area contributed by atoms with Gasteiger partial charge in [-0.05, 0) is 72.3 Å². The Morgan fingerprint density at radius 3 is 2.77 bits per heavy atom. The highest BCUT2D eigenvalue weighted by molar-refractivity contribution is 5.91. The van der Waals surface area contributed by atoms with E-state index in [9.17, 15) is 15.0 Å². The first kappa shape index (κ1) is 14.9. The van der Waals surface area contributed by atoms with Crippen molar-refractivity contribution in [1.29, 1.82) is 0 Å². The third-order valence-electron chi connectivity index (χ3n) is 7.68. The van der Waals surface area contributed by atoms with Crippen LogP contribution in [0, 0.1) is 28.6 Å². The molecule has 2 N–H and O–H groups in total. The van der Waals surface area contributed by atoms with E-state index in [1.165, 1.54) is 19.3 Å². The van der Waals surface area contributed by atoms with E-state index in [0.29, 0.717) is 18.3 Å². The van der Waals surface area contributed by atoms with E-state index in [1.54, 1.807) is 6.08 Å². The predicted octanol–water partition coefficient (Wildman–Crippen LogP) is 2.85. The fraction of sp³-hybridized carbons (Fsp3) is 0.842. The van der Waals surface area contributed by atoms with E-state index in [4.69, 9.17) is 0 Å². The van der Waals surface area contributed by atoms with Crippen molar-refractivity contribution in [2.24, 2.45) is 28.6 Å². The lowest BCUT2D eigenvalue weighted by Gasteiger charge is -2.60. The van der Waals surface area contributed by atoms with Gasteiger partial charge in [0.05, 0.1) is 12.2 Å². The molecule has 22 heavy (non-hydrogen) atoms. The van der Waals surface area contributed by atoms with Crippen LogP contribution < -0.4 is 0 Å². The van der Waals surface area contributed by atoms with E-state index >= 15 is 0 Å². The zero-order valence-electron chi connectivity index (χ0n) is 13.7. The summed E-state index contributed by atoms with van der Waals surface area (Å²) in [6.45, 7) is 4.53. The molecular formula is C19H28O3. The third kappa shape index (κ3) is 1.85. The van der Waals surface area contributed by atoms with Crippen LogP contribution in [0.2, 0.25) is 0 Å². The highest BCUT2D eigenvalue weighted by atomic mass is 16.3. The van der Waals surface area contributed by atoms with Crippen LogP contribution in [0.1, 0.15) is 58.8 Å². The molecule has 4 aliphatic carbocycles. The molecule has 0 aromatic rings. The largest absolute Gasteiger partial charge is 0.393 e. The van der Waals surface area contributed by atoms with E-state index < -0.39 is 6.10 Å². The molecule has 0 amide bonds. The van der Waals surface area contributed by atoms with Gasteiger partial charge in [-0.1, -0.05) is 20.3 Å². The number of carbonyl (C=O) groups is 1. The lowest BCUT2D eigenvalue weighted by atomic mass is 9.46. The third-order valence-corrected chi connectivity index (χ3v) is 7.68. The molecule has 122 valence electrons. The highest BCUT2D eigenvalue weighted by Gasteiger charge is 2.61. The van der Waals surface area contributed by atoms with Crippen molar-refractivity contribution >= 4 is 5.78 Å². The van der Waals surface area contributed by atoms with Crippen molar-refractivity contribution in [2.45, 2.75) is 71.0 Å². The summed E-state index contributed by atoms with van der Waals surface area (Å²) in [5, 5.41) is 21.7. The summed E-state index contributed by atoms with van der Waals surface area (Å²) in [5.74, 6) is 1.39. The first-order valence-electron chi connectivity index (χ1n) is 8.96. The smallest absolute Gasteiger partial charge is 0.155 e. The molecule has 0 spiro atoms. The van der Waals surface area contributed by atoms with E-state index in [-0.39, 0.29) is 28.6 Å². The molecule has 3 fully saturated rings. The minimum atomic E-state index is -0.495. The van der Waals surface area contributed by atoms with Crippen molar-refractivity contribution in [3.05, 3.63) is 11.6 Å². The van der Waals surface area contributed by atoms with Gasteiger partial charge in [0.25, 0.3) is 0 Å². The molecule has 3 heteroatoms. The summed E-state index contributed by atoms with van der Waals surface area (Å²) in [6.07, 6.45) is 7.59. The molecule has 0 heterocycles. The Bertz CT molecular complexity index is 539. The first-order valence-corrected chi connectivity index (χ1v) is 8.96. The van der Waals surface area contributed by atoms with Gasteiger partial charge in [0.15, 0.2) is 5.78 Å². The Balaban J connectivity index is 1.78. The topological polar surface area (TPSA) is 57.5 Å². The number of rotatable bonds is 0. The molecule has 4 rings (SSSR count). The van der Waals surface area contributed by atoms with Gasteiger partial charge in [0, 0.05) is 6.42 Å². The summed E-state index contributed by atoms with van der Waals surface area (Å²) in [4.78, 5) is 11.8. The van der Waals surface area contributed by atoms with Gasteiger partial charge in [-0.3, -0.25) is 4.79 Å². The van der Waals surface area contributed by atoms with Crippen LogP contribution in [-0.4, -0.2) is 28.2 Å². The Morgan fingerprint density at radius 2 is 2.00 bits per heavy atom. The van der Waals surface area contributed by atoms with Crippen molar-refractivity contribution in [3.8, 4) is 0 Å². The zero-order chi connectivity index (χ0) is 15.7. The van der Waals surface area contributed by atoms with Gasteiger partial charge in [0.1, 0.15) is 0 Å². The van der Waals surface area contributed by atoms with Gasteiger partial charge in [-0.15, -0.1) is 0 Å². The zero-order valence-corrected chi connectivity index (χ0v) is 13.7. The number of ketones is 1. The highest BCUT2D eigenvalue weighted by Crippen LogP contribution is 2.65. The van der Waals surface area contributed by atoms with Crippen LogP contribution in [0.3, 0.4) is 0 Å². The summed E-state index contributed by atoms with van der Waals surface area (Å²) >= 11 is 0. The van der Waals surface area contributed by atoms with Crippen molar-refractivity contribution in [2.75, 3.05) is 0 Å². The maximum absolute atomic E-state index is 11.8. The minimum Gasteiger partial charge on any atom is -0.393 e. The van der Waals surface area contributed by atoms with Crippen LogP contribution in [0.15, 0.2) is 11.6 Å². The Hall–Kier alpha value is -0.670. The molecule has 3 saturated carbocycles. The molecule has 4 aliphatic rings. The van der Waals surface area contributed by atoms with Gasteiger partial charge in [-0.25, -0.2) is 0 Å². The van der Waals surface area contributed by atoms with E-state index in [1.807, 2.05) is 0 Å². The lowest BCUT2D eigenvalue weighted by Crippen LogP contribution is -2.58. The second-order valence-electron chi connectivity index (χ2n) is 8.85. The van der Waals surface area contributed by atoms with Crippen LogP contribution in [-0.2, 0) is 4.79 Å². The van der Waals surface area contributed by atoms with Crippen molar-refractivity contribution in [3.63, 3.8) is 0 Å². The number of hydrogen-bond donors (Lipinski definition) is 2. The van der Waals surface area contributed by atoms with E-state index in [2.05, 4.69) is 13.8 Å². The average molecular weight is 304 g/mol. The second kappa shape index (κ2) is 4.67. The van der Waals surface area contributed by atoms with Crippen LogP contribution in [0.5, 0.6) is 0 Å². The van der Waals surface area contributed by atoms with Crippen molar-refractivity contribution in [1.82, 2.24) is 0 Å². The second-order valence-corrected chi connectivity index (χ2v) is 8.85. The number of aliphatic hydroxyl groups excluding tert-OH is 2. The molecule has 0 aliphatic heterocycles. The normalized spacial score (nSPS) is 54.3. The fourth-order valence-corrected chi connectivity index (χ4v) is 6.75. The van der Waals surface area contributed by atoms with Crippen LogP contribution in [0.25, 0.3) is 0 Å². The number of hydrogen-bond acceptors (Lipinski definition) is 3. The molecular weight excluding hydrogens is 276 g/mol. The van der Waals surface area contributed by atoms with Gasteiger partial charge < -0.3 is 10.2 Å². The maximum Gasteiger partial charge on any atom is 0.155 e. The Morgan fingerprint density at radius 1 is 1.23 bits per heavy atom. The molecule has 3 nitrogen and oxygen atoms in total. The molecule has 0 aromatic heterocycles.